The fourth-order valence-electron chi connectivity index (χ4n) is 2.28. The normalized spacial score (nSPS) is 11.9. The van der Waals surface area contributed by atoms with Crippen LogP contribution in [0.15, 0.2) is 18.2 Å². The van der Waals surface area contributed by atoms with Crippen molar-refractivity contribution in [2.24, 2.45) is 5.92 Å². The molecule has 0 atom stereocenters. The van der Waals surface area contributed by atoms with Crippen LogP contribution in [0, 0.1) is 5.92 Å². The Morgan fingerprint density at radius 1 is 1.15 bits per heavy atom. The second-order valence-corrected chi connectivity index (χ2v) is 4.99. The van der Waals surface area contributed by atoms with Crippen LogP contribution in [0.25, 0.3) is 0 Å². The number of benzene rings is 1. The number of nitrogens with zero attached hydrogens (tertiary/aromatic N) is 1. The minimum Gasteiger partial charge on any atom is -0.397 e. The number of nitrogens with two attached hydrogens (primary N) is 1. The van der Waals surface area contributed by atoms with Gasteiger partial charge in [-0.3, -0.25) is 0 Å². The zero-order valence-electron chi connectivity index (χ0n) is 12.3. The van der Waals surface area contributed by atoms with Crippen LogP contribution >= 0.6 is 0 Å². The highest BCUT2D eigenvalue weighted by molar-refractivity contribution is 5.68. The highest BCUT2D eigenvalue weighted by atomic mass is 19.4. The lowest BCUT2D eigenvalue weighted by Gasteiger charge is -2.29. The first kappa shape index (κ1) is 16.7. The number of halogens is 3. The molecule has 5 heteroatoms. The van der Waals surface area contributed by atoms with Crippen LogP contribution < -0.4 is 10.6 Å². The van der Waals surface area contributed by atoms with Crippen molar-refractivity contribution in [2.45, 2.75) is 39.8 Å². The van der Waals surface area contributed by atoms with Crippen LogP contribution in [0.2, 0.25) is 0 Å². The molecule has 2 nitrogen and oxygen atoms in total. The van der Waals surface area contributed by atoms with Gasteiger partial charge in [-0.15, -0.1) is 0 Å². The van der Waals surface area contributed by atoms with Gasteiger partial charge in [0.2, 0.25) is 0 Å². The molecule has 0 saturated carbocycles. The lowest BCUT2D eigenvalue weighted by Crippen LogP contribution is -2.29. The van der Waals surface area contributed by atoms with Gasteiger partial charge in [0.15, 0.2) is 0 Å². The number of anilines is 2. The minimum atomic E-state index is -4.35. The third-order valence-electron chi connectivity index (χ3n) is 3.71. The number of hydrogen-bond acceptors (Lipinski definition) is 2. The molecule has 0 amide bonds. The molecule has 1 aromatic rings. The summed E-state index contributed by atoms with van der Waals surface area (Å²) < 4.78 is 37.9. The zero-order chi connectivity index (χ0) is 15.3. The topological polar surface area (TPSA) is 29.3 Å². The first-order chi connectivity index (χ1) is 9.33. The van der Waals surface area contributed by atoms with E-state index in [9.17, 15) is 13.2 Å². The van der Waals surface area contributed by atoms with Crippen molar-refractivity contribution in [3.05, 3.63) is 23.8 Å². The number of hydrogen-bond donors (Lipinski definition) is 1. The number of nitrogen functional groups attached to an aromatic ring is 1. The molecule has 0 aliphatic rings. The second kappa shape index (κ2) is 6.86. The summed E-state index contributed by atoms with van der Waals surface area (Å²) >= 11 is 0. The van der Waals surface area contributed by atoms with E-state index < -0.39 is 11.7 Å². The Bertz CT molecular complexity index is 426. The van der Waals surface area contributed by atoms with E-state index in [0.29, 0.717) is 11.6 Å². The van der Waals surface area contributed by atoms with Gasteiger partial charge in [-0.25, -0.2) is 0 Å². The molecule has 1 rings (SSSR count). The van der Waals surface area contributed by atoms with Gasteiger partial charge in [-0.1, -0.05) is 26.7 Å². The summed E-state index contributed by atoms with van der Waals surface area (Å²) in [5, 5.41) is 0. The molecule has 0 heterocycles. The van der Waals surface area contributed by atoms with Crippen molar-refractivity contribution >= 4 is 11.4 Å². The van der Waals surface area contributed by atoms with Gasteiger partial charge in [0.25, 0.3) is 0 Å². The molecule has 0 aliphatic heterocycles. The molecule has 0 fully saturated rings. The minimum absolute atomic E-state index is 0.188. The molecule has 0 bridgehead atoms. The Balaban J connectivity index is 2.99. The number of rotatable bonds is 6. The van der Waals surface area contributed by atoms with Gasteiger partial charge in [0.05, 0.1) is 16.9 Å². The van der Waals surface area contributed by atoms with Gasteiger partial charge in [-0.2, -0.15) is 13.2 Å². The summed E-state index contributed by atoms with van der Waals surface area (Å²) in [5.41, 5.74) is 5.99. The Labute approximate surface area is 118 Å². The van der Waals surface area contributed by atoms with Gasteiger partial charge in [0, 0.05) is 13.1 Å². The highest BCUT2D eigenvalue weighted by Gasteiger charge is 2.31. The second-order valence-electron chi connectivity index (χ2n) is 4.99. The van der Waals surface area contributed by atoms with E-state index >= 15 is 0 Å². The zero-order valence-corrected chi connectivity index (χ0v) is 12.3. The van der Waals surface area contributed by atoms with Crippen molar-refractivity contribution in [3.63, 3.8) is 0 Å². The lowest BCUT2D eigenvalue weighted by molar-refractivity contribution is -0.137. The summed E-state index contributed by atoms with van der Waals surface area (Å²) in [7, 11) is 0. The maximum Gasteiger partial charge on any atom is 0.416 e. The third-order valence-corrected chi connectivity index (χ3v) is 3.71. The summed E-state index contributed by atoms with van der Waals surface area (Å²) in [6.07, 6.45) is -2.25. The van der Waals surface area contributed by atoms with E-state index in [0.717, 1.165) is 38.1 Å². The Kier molecular flexibility index (Phi) is 5.72. The summed E-state index contributed by atoms with van der Waals surface area (Å²) in [4.78, 5) is 2.05. The summed E-state index contributed by atoms with van der Waals surface area (Å²) in [6.45, 7) is 7.78. The Hall–Kier alpha value is -1.39. The van der Waals surface area contributed by atoms with Crippen LogP contribution in [0.4, 0.5) is 24.5 Å². The average molecular weight is 288 g/mol. The van der Waals surface area contributed by atoms with Crippen molar-refractivity contribution in [1.82, 2.24) is 0 Å². The standard InChI is InChI=1S/C15H23F3N2/c1-4-11(5-2)10-20(6-3)14-8-7-12(9-13(14)19)15(16,17)18/h7-9,11H,4-6,10,19H2,1-3H3. The van der Waals surface area contributed by atoms with E-state index in [-0.39, 0.29) is 5.69 Å². The number of alkyl halides is 3. The molecule has 0 saturated heterocycles. The maximum absolute atomic E-state index is 12.6. The molecule has 0 aliphatic carbocycles. The van der Waals surface area contributed by atoms with Crippen LogP contribution in [0.1, 0.15) is 39.2 Å². The fraction of sp³-hybridized carbons (Fsp3) is 0.600. The molecule has 0 unspecified atom stereocenters. The van der Waals surface area contributed by atoms with Crippen LogP contribution in [0.5, 0.6) is 0 Å². The first-order valence-electron chi connectivity index (χ1n) is 7.05. The Morgan fingerprint density at radius 2 is 1.75 bits per heavy atom. The monoisotopic (exact) mass is 288 g/mol. The van der Waals surface area contributed by atoms with Crippen LogP contribution in [-0.4, -0.2) is 13.1 Å². The van der Waals surface area contributed by atoms with Gasteiger partial charge in [-0.05, 0) is 31.0 Å². The SMILES string of the molecule is CCC(CC)CN(CC)c1ccc(C(F)(F)F)cc1N. The highest BCUT2D eigenvalue weighted by Crippen LogP contribution is 2.34. The van der Waals surface area contributed by atoms with E-state index in [2.05, 4.69) is 13.8 Å². The maximum atomic E-state index is 12.6. The molecular weight excluding hydrogens is 265 g/mol. The average Bonchev–Trinajstić information content (AvgIpc) is 2.40. The third kappa shape index (κ3) is 4.05. The smallest absolute Gasteiger partial charge is 0.397 e. The van der Waals surface area contributed by atoms with Gasteiger partial charge in [0.1, 0.15) is 0 Å². The predicted octanol–water partition coefficient (Wildman–Crippen LogP) is 4.55. The molecule has 114 valence electrons. The summed E-state index contributed by atoms with van der Waals surface area (Å²) in [5.74, 6) is 0.525. The van der Waals surface area contributed by atoms with Gasteiger partial charge >= 0.3 is 6.18 Å². The lowest BCUT2D eigenvalue weighted by atomic mass is 10.0. The quantitative estimate of drug-likeness (QED) is 0.778. The Morgan fingerprint density at radius 3 is 2.15 bits per heavy atom. The van der Waals surface area contributed by atoms with Crippen molar-refractivity contribution < 1.29 is 13.2 Å². The molecule has 0 radical (unpaired) electrons. The molecule has 20 heavy (non-hydrogen) atoms. The van der Waals surface area contributed by atoms with Crippen molar-refractivity contribution in [2.75, 3.05) is 23.7 Å². The first-order valence-corrected chi connectivity index (χ1v) is 7.05. The van der Waals surface area contributed by atoms with Crippen molar-refractivity contribution in [1.29, 1.82) is 0 Å². The van der Waals surface area contributed by atoms with E-state index in [1.165, 1.54) is 6.07 Å². The molecular formula is C15H23F3N2. The largest absolute Gasteiger partial charge is 0.416 e. The molecule has 2 N–H and O–H groups in total. The van der Waals surface area contributed by atoms with E-state index in [4.69, 9.17) is 5.73 Å². The molecule has 0 aromatic heterocycles. The van der Waals surface area contributed by atoms with E-state index in [1.807, 2.05) is 11.8 Å². The molecule has 0 spiro atoms. The van der Waals surface area contributed by atoms with Gasteiger partial charge < -0.3 is 10.6 Å². The van der Waals surface area contributed by atoms with Crippen molar-refractivity contribution in [3.8, 4) is 0 Å². The van der Waals surface area contributed by atoms with Crippen LogP contribution in [0.3, 0.4) is 0 Å². The van der Waals surface area contributed by atoms with Crippen LogP contribution in [-0.2, 0) is 6.18 Å². The predicted molar refractivity (Wildman–Crippen MR) is 77.8 cm³/mol. The summed E-state index contributed by atoms with van der Waals surface area (Å²) in [6, 6.07) is 3.59. The van der Waals surface area contributed by atoms with E-state index in [1.54, 1.807) is 0 Å². The molecule has 1 aromatic carbocycles. The fourth-order valence-corrected chi connectivity index (χ4v) is 2.28.